The molecular formula is C16H30N2O2. The lowest BCUT2D eigenvalue weighted by molar-refractivity contribution is -0.127. The fraction of sp³-hybridized carbons (Fsp3) is 0.938. The third-order valence-electron chi connectivity index (χ3n) is 4.86. The second kappa shape index (κ2) is 7.41. The van der Waals surface area contributed by atoms with E-state index in [4.69, 9.17) is 0 Å². The SMILES string of the molecule is CC(O)CC1CCCN1C(C)C(=O)NC1CCCCC1. The van der Waals surface area contributed by atoms with Gasteiger partial charge in [-0.25, -0.2) is 0 Å². The van der Waals surface area contributed by atoms with E-state index in [0.717, 1.165) is 38.6 Å². The maximum absolute atomic E-state index is 12.4. The second-order valence-corrected chi connectivity index (χ2v) is 6.64. The quantitative estimate of drug-likeness (QED) is 0.811. The smallest absolute Gasteiger partial charge is 0.237 e. The van der Waals surface area contributed by atoms with E-state index < -0.39 is 0 Å². The summed E-state index contributed by atoms with van der Waals surface area (Å²) < 4.78 is 0. The van der Waals surface area contributed by atoms with Gasteiger partial charge in [-0.1, -0.05) is 19.3 Å². The van der Waals surface area contributed by atoms with Crippen molar-refractivity contribution in [3.05, 3.63) is 0 Å². The molecule has 1 aliphatic heterocycles. The van der Waals surface area contributed by atoms with Crippen molar-refractivity contribution in [3.8, 4) is 0 Å². The van der Waals surface area contributed by atoms with Crippen LogP contribution in [0, 0.1) is 0 Å². The van der Waals surface area contributed by atoms with Gasteiger partial charge in [0, 0.05) is 12.1 Å². The molecule has 3 atom stereocenters. The molecule has 0 aromatic heterocycles. The van der Waals surface area contributed by atoms with Crippen molar-refractivity contribution in [1.29, 1.82) is 0 Å². The maximum Gasteiger partial charge on any atom is 0.237 e. The van der Waals surface area contributed by atoms with Crippen LogP contribution in [-0.4, -0.2) is 46.7 Å². The Hall–Kier alpha value is -0.610. The molecule has 0 aromatic carbocycles. The van der Waals surface area contributed by atoms with Gasteiger partial charge in [-0.15, -0.1) is 0 Å². The lowest BCUT2D eigenvalue weighted by atomic mass is 9.95. The normalized spacial score (nSPS) is 28.2. The summed E-state index contributed by atoms with van der Waals surface area (Å²) >= 11 is 0. The number of hydrogen-bond acceptors (Lipinski definition) is 3. The molecule has 0 spiro atoms. The zero-order valence-electron chi connectivity index (χ0n) is 13.0. The molecule has 0 aromatic rings. The summed E-state index contributed by atoms with van der Waals surface area (Å²) in [7, 11) is 0. The Morgan fingerprint density at radius 3 is 2.55 bits per heavy atom. The average molecular weight is 282 g/mol. The highest BCUT2D eigenvalue weighted by molar-refractivity contribution is 5.81. The van der Waals surface area contributed by atoms with Gasteiger partial charge in [-0.3, -0.25) is 9.69 Å². The minimum atomic E-state index is -0.283. The van der Waals surface area contributed by atoms with Crippen molar-refractivity contribution in [1.82, 2.24) is 10.2 Å². The standard InChI is InChI=1S/C16H30N2O2/c1-12(19)11-15-9-6-10-18(15)13(2)16(20)17-14-7-4-3-5-8-14/h12-15,19H,3-11H2,1-2H3,(H,17,20). The van der Waals surface area contributed by atoms with Crippen molar-refractivity contribution >= 4 is 5.91 Å². The molecule has 1 saturated heterocycles. The van der Waals surface area contributed by atoms with Crippen molar-refractivity contribution in [3.63, 3.8) is 0 Å². The Bertz CT molecular complexity index is 314. The molecule has 2 rings (SSSR count). The number of nitrogens with one attached hydrogen (secondary N) is 1. The van der Waals surface area contributed by atoms with Gasteiger partial charge in [0.1, 0.15) is 0 Å². The summed E-state index contributed by atoms with van der Waals surface area (Å²) in [6.07, 6.45) is 8.80. The Labute approximate surface area is 122 Å². The summed E-state index contributed by atoms with van der Waals surface area (Å²) in [5.74, 6) is 0.175. The van der Waals surface area contributed by atoms with Crippen LogP contribution in [0.15, 0.2) is 0 Å². The van der Waals surface area contributed by atoms with Crippen LogP contribution in [0.5, 0.6) is 0 Å². The third kappa shape index (κ3) is 4.19. The number of hydrogen-bond donors (Lipinski definition) is 2. The average Bonchev–Trinajstić information content (AvgIpc) is 2.86. The van der Waals surface area contributed by atoms with Crippen LogP contribution < -0.4 is 5.32 Å². The van der Waals surface area contributed by atoms with Gasteiger partial charge in [0.25, 0.3) is 0 Å². The van der Waals surface area contributed by atoms with Crippen LogP contribution in [-0.2, 0) is 4.79 Å². The van der Waals surface area contributed by atoms with Crippen molar-refractivity contribution in [2.75, 3.05) is 6.54 Å². The van der Waals surface area contributed by atoms with Gasteiger partial charge in [0.2, 0.25) is 5.91 Å². The topological polar surface area (TPSA) is 52.6 Å². The van der Waals surface area contributed by atoms with E-state index in [1.165, 1.54) is 19.3 Å². The third-order valence-corrected chi connectivity index (χ3v) is 4.86. The minimum Gasteiger partial charge on any atom is -0.393 e. The molecule has 4 nitrogen and oxygen atoms in total. The molecule has 0 radical (unpaired) electrons. The molecule has 2 aliphatic rings. The Balaban J connectivity index is 1.85. The molecule has 0 bridgehead atoms. The summed E-state index contributed by atoms with van der Waals surface area (Å²) in [5, 5.41) is 12.8. The van der Waals surface area contributed by atoms with E-state index in [1.54, 1.807) is 0 Å². The number of aliphatic hydroxyl groups excluding tert-OH is 1. The number of likely N-dealkylation sites (tertiary alicyclic amines) is 1. The lowest BCUT2D eigenvalue weighted by Crippen LogP contribution is -2.50. The number of amides is 1. The first-order valence-corrected chi connectivity index (χ1v) is 8.32. The fourth-order valence-corrected chi connectivity index (χ4v) is 3.73. The number of nitrogens with zero attached hydrogens (tertiary/aromatic N) is 1. The Morgan fingerprint density at radius 2 is 1.90 bits per heavy atom. The van der Waals surface area contributed by atoms with Crippen molar-refractivity contribution < 1.29 is 9.90 Å². The summed E-state index contributed by atoms with van der Waals surface area (Å²) in [6, 6.07) is 0.682. The predicted molar refractivity (Wildman–Crippen MR) is 80.5 cm³/mol. The first kappa shape index (κ1) is 15.8. The van der Waals surface area contributed by atoms with E-state index >= 15 is 0 Å². The molecule has 20 heavy (non-hydrogen) atoms. The van der Waals surface area contributed by atoms with E-state index in [-0.39, 0.29) is 18.1 Å². The maximum atomic E-state index is 12.4. The fourth-order valence-electron chi connectivity index (χ4n) is 3.73. The second-order valence-electron chi connectivity index (χ2n) is 6.64. The molecule has 116 valence electrons. The summed E-state index contributed by atoms with van der Waals surface area (Å²) in [6.45, 7) is 4.83. The number of aliphatic hydroxyl groups is 1. The van der Waals surface area contributed by atoms with Crippen molar-refractivity contribution in [2.45, 2.75) is 89.4 Å². The van der Waals surface area contributed by atoms with Crippen LogP contribution in [0.1, 0.15) is 65.2 Å². The van der Waals surface area contributed by atoms with Crippen LogP contribution in [0.25, 0.3) is 0 Å². The molecule has 3 unspecified atom stereocenters. The monoisotopic (exact) mass is 282 g/mol. The number of carbonyl (C=O) groups excluding carboxylic acids is 1. The van der Waals surface area contributed by atoms with Gasteiger partial charge in [0.05, 0.1) is 12.1 Å². The van der Waals surface area contributed by atoms with Crippen LogP contribution in [0.2, 0.25) is 0 Å². The zero-order chi connectivity index (χ0) is 14.5. The highest BCUT2D eigenvalue weighted by Gasteiger charge is 2.33. The first-order valence-electron chi connectivity index (χ1n) is 8.32. The van der Waals surface area contributed by atoms with Gasteiger partial charge in [0.15, 0.2) is 0 Å². The molecule has 1 amide bonds. The molecule has 4 heteroatoms. The molecular weight excluding hydrogens is 252 g/mol. The van der Waals surface area contributed by atoms with E-state index in [9.17, 15) is 9.90 Å². The van der Waals surface area contributed by atoms with Gasteiger partial charge in [-0.2, -0.15) is 0 Å². The zero-order valence-corrected chi connectivity index (χ0v) is 13.0. The molecule has 1 aliphatic carbocycles. The van der Waals surface area contributed by atoms with Crippen LogP contribution >= 0.6 is 0 Å². The molecule has 1 saturated carbocycles. The lowest BCUT2D eigenvalue weighted by Gasteiger charge is -2.32. The Morgan fingerprint density at radius 1 is 1.20 bits per heavy atom. The number of carbonyl (C=O) groups is 1. The highest BCUT2D eigenvalue weighted by atomic mass is 16.3. The number of rotatable bonds is 5. The molecule has 2 N–H and O–H groups in total. The van der Waals surface area contributed by atoms with Gasteiger partial charge < -0.3 is 10.4 Å². The Kier molecular flexibility index (Phi) is 5.85. The van der Waals surface area contributed by atoms with E-state index in [1.807, 2.05) is 13.8 Å². The van der Waals surface area contributed by atoms with Crippen LogP contribution in [0.4, 0.5) is 0 Å². The van der Waals surface area contributed by atoms with Crippen molar-refractivity contribution in [2.24, 2.45) is 0 Å². The largest absolute Gasteiger partial charge is 0.393 e. The first-order chi connectivity index (χ1) is 9.58. The molecule has 1 heterocycles. The minimum absolute atomic E-state index is 0.0665. The summed E-state index contributed by atoms with van der Waals surface area (Å²) in [4.78, 5) is 14.7. The van der Waals surface area contributed by atoms with Gasteiger partial charge in [-0.05, 0) is 52.5 Å². The van der Waals surface area contributed by atoms with Gasteiger partial charge >= 0.3 is 0 Å². The van der Waals surface area contributed by atoms with E-state index in [2.05, 4.69) is 10.2 Å². The van der Waals surface area contributed by atoms with Crippen LogP contribution in [0.3, 0.4) is 0 Å². The highest BCUT2D eigenvalue weighted by Crippen LogP contribution is 2.24. The predicted octanol–water partition coefficient (Wildman–Crippen LogP) is 2.06. The molecule has 2 fully saturated rings. The summed E-state index contributed by atoms with van der Waals surface area (Å²) in [5.41, 5.74) is 0. The van der Waals surface area contributed by atoms with E-state index in [0.29, 0.717) is 12.1 Å².